The lowest BCUT2D eigenvalue weighted by Crippen LogP contribution is -2.30. The van der Waals surface area contributed by atoms with Crippen LogP contribution in [0.4, 0.5) is 11.4 Å². The van der Waals surface area contributed by atoms with Crippen LogP contribution < -0.4 is 20.7 Å². The minimum Gasteiger partial charge on any atom is -0.493 e. The van der Waals surface area contributed by atoms with Gasteiger partial charge in [-0.15, -0.1) is 11.8 Å². The standard InChI is InChI=1S/C35H35N3O4S/c1-4-32(35(41)36-27-20-18-24(3)19-21-27)43-29-16-11-15-28(23-29)37-34(40)30(38-33(39)25-12-7-6-8-13-25)22-26-14-9-10-17-31(26)42-5-2/h6-23,32H,4-5H2,1-3H3,(H,36,41)(H,37,40)(H,38,39)/b30-22+. The number of ether oxygens (including phenoxy) is 1. The molecule has 0 fully saturated rings. The number of thioether (sulfide) groups is 1. The molecule has 220 valence electrons. The lowest BCUT2D eigenvalue weighted by Gasteiger charge is -2.16. The molecule has 0 aromatic heterocycles. The molecule has 0 spiro atoms. The van der Waals surface area contributed by atoms with Gasteiger partial charge in [-0.2, -0.15) is 0 Å². The zero-order valence-electron chi connectivity index (χ0n) is 24.4. The molecule has 7 nitrogen and oxygen atoms in total. The number of amides is 3. The highest BCUT2D eigenvalue weighted by Crippen LogP contribution is 2.29. The summed E-state index contributed by atoms with van der Waals surface area (Å²) in [5.41, 5.74) is 3.53. The Bertz CT molecular complexity index is 1590. The van der Waals surface area contributed by atoms with Crippen LogP contribution in [0.15, 0.2) is 114 Å². The summed E-state index contributed by atoms with van der Waals surface area (Å²) in [7, 11) is 0. The van der Waals surface area contributed by atoms with Gasteiger partial charge in [-0.05, 0) is 74.9 Å². The van der Waals surface area contributed by atoms with Crippen LogP contribution in [0.1, 0.15) is 41.8 Å². The van der Waals surface area contributed by atoms with Crippen molar-refractivity contribution < 1.29 is 19.1 Å². The summed E-state index contributed by atoms with van der Waals surface area (Å²) in [4.78, 5) is 40.4. The molecule has 8 heteroatoms. The number of nitrogens with one attached hydrogen (secondary N) is 3. The van der Waals surface area contributed by atoms with Gasteiger partial charge in [-0.3, -0.25) is 14.4 Å². The van der Waals surface area contributed by atoms with Gasteiger partial charge >= 0.3 is 0 Å². The molecule has 0 aliphatic carbocycles. The molecule has 0 saturated heterocycles. The Kier molecular flexibility index (Phi) is 11.2. The van der Waals surface area contributed by atoms with E-state index in [-0.39, 0.29) is 16.9 Å². The maximum atomic E-state index is 13.6. The van der Waals surface area contributed by atoms with Crippen molar-refractivity contribution in [2.45, 2.75) is 37.3 Å². The van der Waals surface area contributed by atoms with Crippen LogP contribution in [-0.4, -0.2) is 29.6 Å². The first-order chi connectivity index (χ1) is 20.9. The molecule has 4 rings (SSSR count). The van der Waals surface area contributed by atoms with E-state index < -0.39 is 11.8 Å². The molecule has 3 N–H and O–H groups in total. The summed E-state index contributed by atoms with van der Waals surface area (Å²) >= 11 is 1.42. The van der Waals surface area contributed by atoms with Crippen molar-refractivity contribution in [3.63, 3.8) is 0 Å². The predicted octanol–water partition coefficient (Wildman–Crippen LogP) is 7.31. The molecule has 0 aliphatic rings. The van der Waals surface area contributed by atoms with E-state index in [1.54, 1.807) is 36.4 Å². The Morgan fingerprint density at radius 3 is 2.26 bits per heavy atom. The average molecular weight is 594 g/mol. The average Bonchev–Trinajstić information content (AvgIpc) is 3.02. The molecular weight excluding hydrogens is 558 g/mol. The van der Waals surface area contributed by atoms with Gasteiger partial charge in [0.2, 0.25) is 5.91 Å². The van der Waals surface area contributed by atoms with Crippen LogP contribution in [0.25, 0.3) is 6.08 Å². The van der Waals surface area contributed by atoms with Crippen molar-refractivity contribution in [2.24, 2.45) is 0 Å². The van der Waals surface area contributed by atoms with E-state index in [1.165, 1.54) is 11.8 Å². The fourth-order valence-electron chi connectivity index (χ4n) is 4.18. The number of aryl methyl sites for hydroxylation is 1. The van der Waals surface area contributed by atoms with Crippen LogP contribution in [0.2, 0.25) is 0 Å². The van der Waals surface area contributed by atoms with Crippen molar-refractivity contribution in [3.8, 4) is 5.75 Å². The highest BCUT2D eigenvalue weighted by molar-refractivity contribution is 8.00. The minimum atomic E-state index is -0.498. The third-order valence-electron chi connectivity index (χ3n) is 6.40. The van der Waals surface area contributed by atoms with E-state index in [0.717, 1.165) is 16.1 Å². The summed E-state index contributed by atoms with van der Waals surface area (Å²) < 4.78 is 5.73. The van der Waals surface area contributed by atoms with Crippen molar-refractivity contribution >= 4 is 46.9 Å². The van der Waals surface area contributed by atoms with Crippen molar-refractivity contribution in [2.75, 3.05) is 17.2 Å². The van der Waals surface area contributed by atoms with Crippen LogP contribution >= 0.6 is 11.8 Å². The van der Waals surface area contributed by atoms with E-state index in [2.05, 4.69) is 16.0 Å². The number of hydrogen-bond donors (Lipinski definition) is 3. The van der Waals surface area contributed by atoms with Gasteiger partial charge in [0.05, 0.1) is 11.9 Å². The molecule has 0 bridgehead atoms. The molecular formula is C35H35N3O4S. The van der Waals surface area contributed by atoms with Gasteiger partial charge in [0.15, 0.2) is 0 Å². The second-order valence-corrected chi connectivity index (χ2v) is 11.0. The van der Waals surface area contributed by atoms with E-state index in [0.29, 0.717) is 35.6 Å². The third-order valence-corrected chi connectivity index (χ3v) is 7.76. The van der Waals surface area contributed by atoms with E-state index in [1.807, 2.05) is 93.6 Å². The van der Waals surface area contributed by atoms with Crippen LogP contribution in [0.3, 0.4) is 0 Å². The summed E-state index contributed by atoms with van der Waals surface area (Å²) in [5, 5.41) is 8.32. The largest absolute Gasteiger partial charge is 0.493 e. The lowest BCUT2D eigenvalue weighted by atomic mass is 10.1. The van der Waals surface area contributed by atoms with Gasteiger partial charge in [0.25, 0.3) is 11.8 Å². The normalized spacial score (nSPS) is 11.7. The lowest BCUT2D eigenvalue weighted by molar-refractivity contribution is -0.116. The third kappa shape index (κ3) is 9.08. The molecule has 0 saturated carbocycles. The van der Waals surface area contributed by atoms with Crippen LogP contribution in [0, 0.1) is 6.92 Å². The number of hydrogen-bond acceptors (Lipinski definition) is 5. The summed E-state index contributed by atoms with van der Waals surface area (Å²) in [5.74, 6) is -0.405. The van der Waals surface area contributed by atoms with Crippen LogP contribution in [-0.2, 0) is 9.59 Å². The molecule has 1 atom stereocenters. The van der Waals surface area contributed by atoms with E-state index in [9.17, 15) is 14.4 Å². The Labute approximate surface area is 256 Å². The van der Waals surface area contributed by atoms with Gasteiger partial charge in [-0.25, -0.2) is 0 Å². The van der Waals surface area contributed by atoms with Crippen molar-refractivity contribution in [1.82, 2.24) is 5.32 Å². The predicted molar refractivity (Wildman–Crippen MR) is 174 cm³/mol. The fraction of sp³-hybridized carbons (Fsp3) is 0.171. The Hall–Kier alpha value is -4.82. The number of anilines is 2. The summed E-state index contributed by atoms with van der Waals surface area (Å²) in [6.07, 6.45) is 2.22. The van der Waals surface area contributed by atoms with Crippen LogP contribution in [0.5, 0.6) is 5.75 Å². The molecule has 3 amide bonds. The maximum absolute atomic E-state index is 13.6. The Balaban J connectivity index is 1.53. The van der Waals surface area contributed by atoms with Gasteiger partial charge in [0, 0.05) is 27.4 Å². The highest BCUT2D eigenvalue weighted by atomic mass is 32.2. The minimum absolute atomic E-state index is 0.0583. The second kappa shape index (κ2) is 15.4. The molecule has 1 unspecified atom stereocenters. The zero-order chi connectivity index (χ0) is 30.6. The van der Waals surface area contributed by atoms with Gasteiger partial charge < -0.3 is 20.7 Å². The first-order valence-electron chi connectivity index (χ1n) is 14.1. The fourth-order valence-corrected chi connectivity index (χ4v) is 5.19. The monoisotopic (exact) mass is 593 g/mol. The quantitative estimate of drug-likeness (QED) is 0.118. The topological polar surface area (TPSA) is 96.5 Å². The number of carbonyl (C=O) groups is 3. The second-order valence-electron chi connectivity index (χ2n) is 9.70. The van der Waals surface area contributed by atoms with E-state index >= 15 is 0 Å². The number of rotatable bonds is 12. The summed E-state index contributed by atoms with van der Waals surface area (Å²) in [6, 6.07) is 31.0. The molecule has 0 radical (unpaired) electrons. The van der Waals surface area contributed by atoms with E-state index in [4.69, 9.17) is 4.74 Å². The molecule has 4 aromatic carbocycles. The van der Waals surface area contributed by atoms with Crippen molar-refractivity contribution in [1.29, 1.82) is 0 Å². The first-order valence-corrected chi connectivity index (χ1v) is 15.0. The maximum Gasteiger partial charge on any atom is 0.272 e. The smallest absolute Gasteiger partial charge is 0.272 e. The van der Waals surface area contributed by atoms with Crippen molar-refractivity contribution in [3.05, 3.63) is 126 Å². The molecule has 4 aromatic rings. The Morgan fingerprint density at radius 1 is 0.814 bits per heavy atom. The zero-order valence-corrected chi connectivity index (χ0v) is 25.2. The number of benzene rings is 4. The Morgan fingerprint density at radius 2 is 1.53 bits per heavy atom. The number of carbonyl (C=O) groups excluding carboxylic acids is 3. The highest BCUT2D eigenvalue weighted by Gasteiger charge is 2.20. The molecule has 43 heavy (non-hydrogen) atoms. The van der Waals surface area contributed by atoms with Gasteiger partial charge in [-0.1, -0.05) is 67.1 Å². The molecule has 0 heterocycles. The SMILES string of the molecule is CCOc1ccccc1/C=C(/NC(=O)c1ccccc1)C(=O)Nc1cccc(SC(CC)C(=O)Nc2ccc(C)cc2)c1. The summed E-state index contributed by atoms with van der Waals surface area (Å²) in [6.45, 7) is 6.29. The molecule has 0 aliphatic heterocycles. The first kappa shape index (κ1) is 31.1. The number of para-hydroxylation sites is 1. The van der Waals surface area contributed by atoms with Gasteiger partial charge in [0.1, 0.15) is 11.4 Å².